The quantitative estimate of drug-likeness (QED) is 0.293. The Morgan fingerprint density at radius 3 is 2.00 bits per heavy atom. The number of nitrogens with zero attached hydrogens (tertiary/aromatic N) is 1. The van der Waals surface area contributed by atoms with Gasteiger partial charge in [0.25, 0.3) is 0 Å². The van der Waals surface area contributed by atoms with E-state index in [-0.39, 0.29) is 31.7 Å². The van der Waals surface area contributed by atoms with Crippen LogP contribution in [0.3, 0.4) is 0 Å². The molecule has 2 heterocycles. The minimum Gasteiger partial charge on any atom is -0.460 e. The van der Waals surface area contributed by atoms with Crippen LogP contribution < -0.4 is 0 Å². The van der Waals surface area contributed by atoms with Gasteiger partial charge in [-0.15, -0.1) is 11.3 Å². The highest BCUT2D eigenvalue weighted by Gasteiger charge is 2.51. The Morgan fingerprint density at radius 2 is 1.39 bits per heavy atom. The average Bonchev–Trinajstić information content (AvgIpc) is 3.32. The summed E-state index contributed by atoms with van der Waals surface area (Å²) in [7, 11) is -3.89. The second-order valence-electron chi connectivity index (χ2n) is 12.4. The minimum absolute atomic E-state index is 0.00744. The van der Waals surface area contributed by atoms with Gasteiger partial charge >= 0.3 is 12.1 Å². The Labute approximate surface area is 247 Å². The fourth-order valence-electron chi connectivity index (χ4n) is 4.89. The van der Waals surface area contributed by atoms with Gasteiger partial charge < -0.3 is 14.4 Å². The number of hydrogen-bond acceptors (Lipinski definition) is 7. The summed E-state index contributed by atoms with van der Waals surface area (Å²) in [4.78, 5) is 28.9. The van der Waals surface area contributed by atoms with Crippen LogP contribution in [0.2, 0.25) is 0 Å². The van der Waals surface area contributed by atoms with Crippen LogP contribution in [0.25, 0.3) is 21.6 Å². The van der Waals surface area contributed by atoms with Gasteiger partial charge in [0.1, 0.15) is 15.9 Å². The molecule has 2 aromatic carbocycles. The topological polar surface area (TPSA) is 90.0 Å². The largest absolute Gasteiger partial charge is 0.460 e. The number of sulfone groups is 1. The molecule has 1 aliphatic rings. The van der Waals surface area contributed by atoms with Crippen molar-refractivity contribution in [3.05, 3.63) is 71.6 Å². The van der Waals surface area contributed by atoms with Crippen molar-refractivity contribution in [3.8, 4) is 21.6 Å². The van der Waals surface area contributed by atoms with Gasteiger partial charge in [-0.05, 0) is 76.8 Å². The molecule has 9 heteroatoms. The van der Waals surface area contributed by atoms with Crippen LogP contribution in [-0.4, -0.2) is 55.4 Å². The summed E-state index contributed by atoms with van der Waals surface area (Å²) in [5.74, 6) is -0.873. The fraction of sp³-hybridized carbons (Fsp3) is 0.438. The fourth-order valence-corrected chi connectivity index (χ4v) is 8.48. The maximum atomic E-state index is 14.0. The molecule has 0 saturated carbocycles. The summed E-state index contributed by atoms with van der Waals surface area (Å²) in [6.45, 7) is 10.7. The molecule has 0 radical (unpaired) electrons. The Kier molecular flexibility index (Phi) is 8.71. The van der Waals surface area contributed by atoms with Gasteiger partial charge in [-0.2, -0.15) is 0 Å². The summed E-state index contributed by atoms with van der Waals surface area (Å²) in [5.41, 5.74) is 1.67. The van der Waals surface area contributed by atoms with Gasteiger partial charge in [0, 0.05) is 22.8 Å². The van der Waals surface area contributed by atoms with Gasteiger partial charge in [-0.3, -0.25) is 4.79 Å². The number of benzene rings is 2. The van der Waals surface area contributed by atoms with Gasteiger partial charge in [0.15, 0.2) is 9.84 Å². The first-order valence-corrected chi connectivity index (χ1v) is 16.2. The average molecular weight is 598 g/mol. The predicted molar refractivity (Wildman–Crippen MR) is 164 cm³/mol. The maximum Gasteiger partial charge on any atom is 0.410 e. The molecule has 1 saturated heterocycles. The number of thiophene rings is 1. The van der Waals surface area contributed by atoms with E-state index < -0.39 is 37.8 Å². The van der Waals surface area contributed by atoms with Crippen LogP contribution in [0, 0.1) is 0 Å². The molecule has 0 aliphatic carbocycles. The summed E-state index contributed by atoms with van der Waals surface area (Å²) >= 11 is 1.36. The van der Waals surface area contributed by atoms with E-state index in [4.69, 9.17) is 9.47 Å². The molecule has 7 nitrogen and oxygen atoms in total. The van der Waals surface area contributed by atoms with Crippen LogP contribution in [0.5, 0.6) is 0 Å². The summed E-state index contributed by atoms with van der Waals surface area (Å²) < 4.78 is 37.7. The lowest BCUT2D eigenvalue weighted by molar-refractivity contribution is -0.155. The molecular formula is C32H39NO6S2. The Hall–Kier alpha value is -3.17. The van der Waals surface area contributed by atoms with Crippen LogP contribution in [0.1, 0.15) is 59.3 Å². The van der Waals surface area contributed by atoms with Crippen LogP contribution in [0.4, 0.5) is 4.79 Å². The van der Waals surface area contributed by atoms with Crippen molar-refractivity contribution in [1.29, 1.82) is 0 Å². The van der Waals surface area contributed by atoms with E-state index in [0.29, 0.717) is 4.88 Å². The lowest BCUT2D eigenvalue weighted by Crippen LogP contribution is -2.40. The summed E-state index contributed by atoms with van der Waals surface area (Å²) in [5, 5.41) is 0. The molecule has 220 valence electrons. The maximum absolute atomic E-state index is 14.0. The normalized spacial score (nSPS) is 19.3. The van der Waals surface area contributed by atoms with Gasteiger partial charge in [0.05, 0.1) is 12.2 Å². The molecule has 1 fully saturated rings. The van der Waals surface area contributed by atoms with Gasteiger partial charge in [0.2, 0.25) is 0 Å². The molecule has 0 spiro atoms. The minimum atomic E-state index is -3.89. The molecule has 1 aromatic heterocycles. The third-order valence-electron chi connectivity index (χ3n) is 6.84. The number of carbonyl (C=O) groups excluding carboxylic acids is 2. The highest BCUT2D eigenvalue weighted by molar-refractivity contribution is 7.92. The lowest BCUT2D eigenvalue weighted by Gasteiger charge is -2.32. The van der Waals surface area contributed by atoms with Crippen molar-refractivity contribution in [2.24, 2.45) is 0 Å². The van der Waals surface area contributed by atoms with Crippen molar-refractivity contribution < 1.29 is 27.5 Å². The third kappa shape index (κ3) is 7.38. The van der Waals surface area contributed by atoms with Crippen LogP contribution in [0.15, 0.2) is 66.7 Å². The van der Waals surface area contributed by atoms with Crippen LogP contribution in [-0.2, 0) is 28.9 Å². The van der Waals surface area contributed by atoms with E-state index in [2.05, 4.69) is 12.1 Å². The van der Waals surface area contributed by atoms with Crippen molar-refractivity contribution in [2.75, 3.05) is 18.8 Å². The Morgan fingerprint density at radius 1 is 0.805 bits per heavy atom. The number of amides is 1. The first kappa shape index (κ1) is 30.8. The molecule has 4 rings (SSSR count). The first-order chi connectivity index (χ1) is 19.1. The molecule has 1 atom stereocenters. The standard InChI is InChI=1S/C32H39NO6S2/c1-30(2,3)38-28(34)22-32(18-19-33(20-21-41(32,36)37)29(35)39-31(4,5)6)27-17-16-26(40-27)25-14-12-24(13-15-25)23-10-8-7-9-11-23/h7-17H,18-22H2,1-6H3. The molecule has 1 amide bonds. The second-order valence-corrected chi connectivity index (χ2v) is 15.9. The van der Waals surface area contributed by atoms with E-state index >= 15 is 0 Å². The Balaban J connectivity index is 1.70. The van der Waals surface area contributed by atoms with E-state index in [9.17, 15) is 18.0 Å². The zero-order valence-corrected chi connectivity index (χ0v) is 26.2. The lowest BCUT2D eigenvalue weighted by atomic mass is 9.97. The smallest absolute Gasteiger partial charge is 0.410 e. The van der Waals surface area contributed by atoms with Crippen molar-refractivity contribution in [1.82, 2.24) is 4.90 Å². The van der Waals surface area contributed by atoms with Gasteiger partial charge in [-0.25, -0.2) is 13.2 Å². The number of esters is 1. The zero-order chi connectivity index (χ0) is 30.1. The number of rotatable bonds is 5. The van der Waals surface area contributed by atoms with E-state index in [0.717, 1.165) is 21.6 Å². The molecule has 0 bridgehead atoms. The third-order valence-corrected chi connectivity index (χ3v) is 10.8. The molecular weight excluding hydrogens is 558 g/mol. The SMILES string of the molecule is CC(C)(C)OC(=O)CC1(c2ccc(-c3ccc(-c4ccccc4)cc3)s2)CCN(C(=O)OC(C)(C)C)CCS1(=O)=O. The summed E-state index contributed by atoms with van der Waals surface area (Å²) in [6.07, 6.45) is -0.839. The predicted octanol–water partition coefficient (Wildman–Crippen LogP) is 7.06. The summed E-state index contributed by atoms with van der Waals surface area (Å²) in [6, 6.07) is 21.9. The molecule has 3 aromatic rings. The molecule has 41 heavy (non-hydrogen) atoms. The highest BCUT2D eigenvalue weighted by atomic mass is 32.2. The Bertz CT molecular complexity index is 1480. The zero-order valence-electron chi connectivity index (χ0n) is 24.6. The van der Waals surface area contributed by atoms with Crippen molar-refractivity contribution in [3.63, 3.8) is 0 Å². The van der Waals surface area contributed by atoms with Crippen LogP contribution >= 0.6 is 11.3 Å². The highest BCUT2D eigenvalue weighted by Crippen LogP contribution is 2.46. The number of hydrogen-bond donors (Lipinski definition) is 0. The number of carbonyl (C=O) groups is 2. The molecule has 0 N–H and O–H groups in total. The van der Waals surface area contributed by atoms with E-state index in [1.54, 1.807) is 47.6 Å². The van der Waals surface area contributed by atoms with E-state index in [1.165, 1.54) is 16.2 Å². The monoisotopic (exact) mass is 597 g/mol. The van der Waals surface area contributed by atoms with Crippen molar-refractivity contribution in [2.45, 2.75) is 70.3 Å². The van der Waals surface area contributed by atoms with Gasteiger partial charge in [-0.1, -0.05) is 54.6 Å². The van der Waals surface area contributed by atoms with Crippen molar-refractivity contribution >= 4 is 33.2 Å². The van der Waals surface area contributed by atoms with E-state index in [1.807, 2.05) is 48.5 Å². The first-order valence-electron chi connectivity index (χ1n) is 13.8. The second kappa shape index (κ2) is 11.6. The molecule has 1 aliphatic heterocycles. The molecule has 1 unspecified atom stereocenters. The number of ether oxygens (including phenoxy) is 2.